The summed E-state index contributed by atoms with van der Waals surface area (Å²) in [7, 11) is 1.64. The highest BCUT2D eigenvalue weighted by Gasteiger charge is 2.40. The number of aliphatic carboxylic acids is 1. The molecule has 4 bridgehead atoms. The van der Waals surface area contributed by atoms with Crippen LogP contribution in [0.15, 0.2) is 60.8 Å². The summed E-state index contributed by atoms with van der Waals surface area (Å²) in [4.78, 5) is 54.5. The van der Waals surface area contributed by atoms with Crippen molar-refractivity contribution in [3.8, 4) is 5.75 Å². The molecule has 274 valence electrons. The van der Waals surface area contributed by atoms with Crippen LogP contribution < -0.4 is 26.0 Å². The third kappa shape index (κ3) is 10.3. The van der Waals surface area contributed by atoms with E-state index in [1.165, 1.54) is 0 Å². The topological polar surface area (TPSA) is 209 Å². The number of aliphatic hydroxyl groups excluding tert-OH is 1. The van der Waals surface area contributed by atoms with E-state index in [1.807, 2.05) is 30.3 Å². The Kier molecular flexibility index (Phi) is 13.1. The largest absolute Gasteiger partial charge is 0.492 e. The molecule has 6 N–H and O–H groups in total. The Morgan fingerprint density at radius 2 is 1.82 bits per heavy atom. The maximum absolute atomic E-state index is 13.9. The second-order valence-corrected chi connectivity index (χ2v) is 12.8. The minimum absolute atomic E-state index is 0.000959. The van der Waals surface area contributed by atoms with Gasteiger partial charge in [-0.05, 0) is 50.1 Å². The second kappa shape index (κ2) is 17.8. The minimum Gasteiger partial charge on any atom is -0.492 e. The van der Waals surface area contributed by atoms with Gasteiger partial charge in [0, 0.05) is 19.4 Å². The van der Waals surface area contributed by atoms with Crippen LogP contribution >= 0.6 is 0 Å². The average Bonchev–Trinajstić information content (AvgIpc) is 3.81. The van der Waals surface area contributed by atoms with Crippen LogP contribution in [0.1, 0.15) is 36.6 Å². The summed E-state index contributed by atoms with van der Waals surface area (Å²) in [6, 6.07) is 11.3. The number of hydrogen-bond acceptors (Lipinski definition) is 11. The summed E-state index contributed by atoms with van der Waals surface area (Å²) in [5, 5.41) is 41.2. The molecule has 1 aromatic heterocycles. The number of hydrogen-bond donors (Lipinski definition) is 6. The first-order valence-electron chi connectivity index (χ1n) is 17.1. The summed E-state index contributed by atoms with van der Waals surface area (Å²) in [5.74, 6) is -2.20. The molecule has 3 aromatic rings. The summed E-state index contributed by atoms with van der Waals surface area (Å²) in [6.07, 6.45) is 1.46. The molecule has 1 saturated heterocycles. The van der Waals surface area contributed by atoms with Crippen molar-refractivity contribution in [3.05, 3.63) is 77.6 Å². The SMILES string of the molecule is CN[C@@H](C)C(=O)N[C@H]1COCc2cn(nn2)CCOc2ccc(cc2)C[C@@H](C(=O)O)NC(=O)[C@H](Cc2ccccc2)NC(=O)[C@@H]2CCCN2C1O. The van der Waals surface area contributed by atoms with Crippen LogP contribution in [0.4, 0.5) is 0 Å². The van der Waals surface area contributed by atoms with Gasteiger partial charge >= 0.3 is 5.97 Å². The molecule has 16 nitrogen and oxygen atoms in total. The number of ether oxygens (including phenoxy) is 2. The minimum atomic E-state index is -1.32. The number of benzene rings is 2. The van der Waals surface area contributed by atoms with Crippen molar-refractivity contribution < 1.29 is 38.9 Å². The van der Waals surface area contributed by atoms with Crippen molar-refractivity contribution >= 4 is 23.7 Å². The van der Waals surface area contributed by atoms with Crippen LogP contribution in [0.2, 0.25) is 0 Å². The molecule has 0 spiro atoms. The Morgan fingerprint density at radius 3 is 2.55 bits per heavy atom. The van der Waals surface area contributed by atoms with Gasteiger partial charge in [0.2, 0.25) is 17.7 Å². The lowest BCUT2D eigenvalue weighted by Gasteiger charge is -2.35. The van der Waals surface area contributed by atoms with E-state index in [4.69, 9.17) is 9.47 Å². The molecule has 1 fully saturated rings. The Balaban J connectivity index is 1.42. The highest BCUT2D eigenvalue weighted by atomic mass is 16.5. The average molecular weight is 707 g/mol. The van der Waals surface area contributed by atoms with E-state index >= 15 is 0 Å². The van der Waals surface area contributed by atoms with E-state index in [2.05, 4.69) is 31.6 Å². The molecule has 1 unspecified atom stereocenters. The lowest BCUT2D eigenvalue weighted by atomic mass is 10.0. The Morgan fingerprint density at radius 1 is 1.06 bits per heavy atom. The number of amides is 3. The summed E-state index contributed by atoms with van der Waals surface area (Å²) in [5.41, 5.74) is 1.96. The number of rotatable bonds is 6. The number of fused-ring (bicyclic) bond motifs is 14. The van der Waals surface area contributed by atoms with Crippen LogP contribution in [-0.4, -0.2) is 117 Å². The van der Waals surface area contributed by atoms with Gasteiger partial charge in [0.1, 0.15) is 36.4 Å². The van der Waals surface area contributed by atoms with Gasteiger partial charge in [0.25, 0.3) is 0 Å². The molecular formula is C35H46N8O8. The standard InChI is InChI=1S/C35H46N8O8/c1-22(36-2)31(44)39-29-21-50-20-25-19-42(41-40-25)15-16-51-26-12-10-24(11-13-26)18-28(35(48)49)38-32(45)27(17-23-7-4-3-5-8-23)37-33(46)30-9-6-14-43(30)34(29)47/h3-5,7-8,10-13,19,22,27-30,34,36,47H,6,9,14-18,20-21H2,1-2H3,(H,37,46)(H,38,45)(H,39,44)(H,48,49)/t22-,27-,28-,29-,30-,34?/m0/s1. The molecular weight excluding hydrogens is 660 g/mol. The second-order valence-electron chi connectivity index (χ2n) is 12.8. The number of nitrogens with one attached hydrogen (secondary N) is 4. The molecule has 6 atom stereocenters. The lowest BCUT2D eigenvalue weighted by molar-refractivity contribution is -0.142. The van der Waals surface area contributed by atoms with Gasteiger partial charge in [-0.1, -0.05) is 47.7 Å². The van der Waals surface area contributed by atoms with Crippen LogP contribution in [-0.2, 0) is 49.9 Å². The molecule has 16 heteroatoms. The van der Waals surface area contributed by atoms with E-state index < -0.39 is 54.2 Å². The quantitative estimate of drug-likeness (QED) is 0.194. The smallest absolute Gasteiger partial charge is 0.326 e. The predicted molar refractivity (Wildman–Crippen MR) is 183 cm³/mol. The number of aliphatic hydroxyl groups is 1. The first kappa shape index (κ1) is 37.4. The highest BCUT2D eigenvalue weighted by molar-refractivity contribution is 5.92. The number of carboxylic acids is 1. The fourth-order valence-corrected chi connectivity index (χ4v) is 6.08. The Bertz CT molecular complexity index is 1620. The number of carbonyl (C=O) groups excluding carboxylic acids is 3. The van der Waals surface area contributed by atoms with E-state index in [9.17, 15) is 29.4 Å². The Hall–Kier alpha value is -4.90. The fourth-order valence-electron chi connectivity index (χ4n) is 6.08. The number of carboxylic acid groups (broad SMARTS) is 1. The maximum atomic E-state index is 13.9. The van der Waals surface area contributed by atoms with E-state index in [0.29, 0.717) is 42.9 Å². The molecule has 0 saturated carbocycles. The molecule has 3 aliphatic heterocycles. The maximum Gasteiger partial charge on any atom is 0.326 e. The lowest BCUT2D eigenvalue weighted by Crippen LogP contribution is -2.61. The van der Waals surface area contributed by atoms with Gasteiger partial charge in [-0.15, -0.1) is 5.10 Å². The van der Waals surface area contributed by atoms with Gasteiger partial charge in [0.15, 0.2) is 0 Å². The first-order chi connectivity index (χ1) is 24.6. The zero-order valence-electron chi connectivity index (χ0n) is 28.7. The van der Waals surface area contributed by atoms with Gasteiger partial charge in [0.05, 0.1) is 44.1 Å². The van der Waals surface area contributed by atoms with E-state index in [0.717, 1.165) is 5.56 Å². The number of likely N-dealkylation sites (N-methyl/N-ethyl adjacent to an activating group) is 1. The van der Waals surface area contributed by atoms with E-state index in [-0.39, 0.29) is 38.6 Å². The van der Waals surface area contributed by atoms with Crippen LogP contribution in [0.5, 0.6) is 5.75 Å². The van der Waals surface area contributed by atoms with Crippen molar-refractivity contribution in [2.45, 2.75) is 82.2 Å². The Labute approximate surface area is 295 Å². The molecule has 4 heterocycles. The van der Waals surface area contributed by atoms with Crippen LogP contribution in [0.3, 0.4) is 0 Å². The highest BCUT2D eigenvalue weighted by Crippen LogP contribution is 2.22. The molecule has 51 heavy (non-hydrogen) atoms. The third-order valence-electron chi connectivity index (χ3n) is 9.07. The zero-order valence-corrected chi connectivity index (χ0v) is 28.7. The predicted octanol–water partition coefficient (Wildman–Crippen LogP) is -0.398. The summed E-state index contributed by atoms with van der Waals surface area (Å²) < 4.78 is 13.4. The molecule has 0 aliphatic carbocycles. The van der Waals surface area contributed by atoms with Gasteiger partial charge in [-0.2, -0.15) is 0 Å². The zero-order chi connectivity index (χ0) is 36.3. The monoisotopic (exact) mass is 706 g/mol. The van der Waals surface area contributed by atoms with Crippen LogP contribution in [0.25, 0.3) is 0 Å². The third-order valence-corrected chi connectivity index (χ3v) is 9.07. The van der Waals surface area contributed by atoms with Gasteiger partial charge < -0.3 is 41.0 Å². The van der Waals surface area contributed by atoms with Gasteiger partial charge in [-0.25, -0.2) is 9.48 Å². The van der Waals surface area contributed by atoms with Crippen molar-refractivity contribution in [1.82, 2.24) is 41.2 Å². The fraction of sp³-hybridized carbons (Fsp3) is 0.486. The van der Waals surface area contributed by atoms with E-state index in [1.54, 1.807) is 54.0 Å². The van der Waals surface area contributed by atoms with Crippen molar-refractivity contribution in [1.29, 1.82) is 0 Å². The van der Waals surface area contributed by atoms with Crippen molar-refractivity contribution in [3.63, 3.8) is 0 Å². The molecule has 0 radical (unpaired) electrons. The molecule has 3 aliphatic rings. The van der Waals surface area contributed by atoms with Crippen molar-refractivity contribution in [2.75, 3.05) is 26.8 Å². The van der Waals surface area contributed by atoms with Crippen LogP contribution in [0, 0.1) is 0 Å². The summed E-state index contributed by atoms with van der Waals surface area (Å²) in [6.45, 7) is 2.66. The van der Waals surface area contributed by atoms with Crippen molar-refractivity contribution in [2.24, 2.45) is 0 Å². The number of aromatic nitrogens is 3. The summed E-state index contributed by atoms with van der Waals surface area (Å²) >= 11 is 0. The normalized spacial score (nSPS) is 24.6. The number of carbonyl (C=O) groups is 4. The first-order valence-corrected chi connectivity index (χ1v) is 17.1. The molecule has 2 aromatic carbocycles. The molecule has 6 rings (SSSR count). The number of nitrogens with zero attached hydrogens (tertiary/aromatic N) is 4. The molecule has 3 amide bonds. The van der Waals surface area contributed by atoms with Gasteiger partial charge in [-0.3, -0.25) is 19.3 Å².